The summed E-state index contributed by atoms with van der Waals surface area (Å²) in [6.07, 6.45) is 2.06. The maximum Gasteiger partial charge on any atom is 0.324 e. The molecule has 0 saturated carbocycles. The Morgan fingerprint density at radius 2 is 2.06 bits per heavy atom. The third-order valence-electron chi connectivity index (χ3n) is 3.59. The van der Waals surface area contributed by atoms with Gasteiger partial charge in [-0.05, 0) is 46.4 Å². The first kappa shape index (κ1) is 15.4. The van der Waals surface area contributed by atoms with Gasteiger partial charge >= 0.3 is 5.97 Å². The van der Waals surface area contributed by atoms with Crippen molar-refractivity contribution in [3.63, 3.8) is 0 Å². The SMILES string of the molecule is CCCNC(C)(CN1CCCN(C)CC1)C(=O)O. The van der Waals surface area contributed by atoms with Crippen LogP contribution in [0.1, 0.15) is 26.7 Å². The zero-order valence-corrected chi connectivity index (χ0v) is 11.9. The van der Waals surface area contributed by atoms with E-state index in [1.165, 1.54) is 0 Å². The molecule has 5 nitrogen and oxygen atoms in total. The van der Waals surface area contributed by atoms with E-state index < -0.39 is 11.5 Å². The van der Waals surface area contributed by atoms with Gasteiger partial charge in [-0.3, -0.25) is 9.69 Å². The summed E-state index contributed by atoms with van der Waals surface area (Å²) in [5.41, 5.74) is -0.834. The van der Waals surface area contributed by atoms with Gasteiger partial charge in [0.2, 0.25) is 0 Å². The minimum absolute atomic E-state index is 0.580. The minimum atomic E-state index is -0.834. The Balaban J connectivity index is 2.56. The van der Waals surface area contributed by atoms with E-state index in [2.05, 4.69) is 29.1 Å². The summed E-state index contributed by atoms with van der Waals surface area (Å²) < 4.78 is 0. The molecule has 0 aromatic rings. The molecular weight excluding hydrogens is 230 g/mol. The third kappa shape index (κ3) is 4.55. The maximum absolute atomic E-state index is 11.5. The smallest absolute Gasteiger partial charge is 0.324 e. The molecule has 1 saturated heterocycles. The minimum Gasteiger partial charge on any atom is -0.480 e. The number of nitrogens with zero attached hydrogens (tertiary/aromatic N) is 2. The Bertz CT molecular complexity index is 273. The van der Waals surface area contributed by atoms with Crippen LogP contribution in [0, 0.1) is 0 Å². The van der Waals surface area contributed by atoms with Crippen LogP contribution in [-0.4, -0.2) is 72.7 Å². The highest BCUT2D eigenvalue weighted by Crippen LogP contribution is 2.10. The molecule has 0 aromatic heterocycles. The van der Waals surface area contributed by atoms with E-state index >= 15 is 0 Å². The Labute approximate surface area is 110 Å². The van der Waals surface area contributed by atoms with Crippen molar-refractivity contribution >= 4 is 5.97 Å². The summed E-state index contributed by atoms with van der Waals surface area (Å²) in [5, 5.41) is 12.6. The topological polar surface area (TPSA) is 55.8 Å². The number of carbonyl (C=O) groups is 1. The normalized spacial score (nSPS) is 22.4. The number of aliphatic carboxylic acids is 1. The fraction of sp³-hybridized carbons (Fsp3) is 0.923. The number of nitrogens with one attached hydrogen (secondary N) is 1. The molecule has 0 bridgehead atoms. The monoisotopic (exact) mass is 257 g/mol. The summed E-state index contributed by atoms with van der Waals surface area (Å²) >= 11 is 0. The molecule has 2 N–H and O–H groups in total. The molecule has 0 radical (unpaired) electrons. The van der Waals surface area contributed by atoms with Crippen molar-refractivity contribution < 1.29 is 9.90 Å². The summed E-state index contributed by atoms with van der Waals surface area (Å²) in [6, 6.07) is 0. The van der Waals surface area contributed by atoms with Crippen molar-refractivity contribution in [3.8, 4) is 0 Å². The van der Waals surface area contributed by atoms with E-state index in [0.29, 0.717) is 6.54 Å². The van der Waals surface area contributed by atoms with Gasteiger partial charge in [0.1, 0.15) is 5.54 Å². The number of carboxylic acids is 1. The van der Waals surface area contributed by atoms with Crippen LogP contribution >= 0.6 is 0 Å². The summed E-state index contributed by atoms with van der Waals surface area (Å²) in [4.78, 5) is 16.0. The Hall–Kier alpha value is -0.650. The molecule has 1 fully saturated rings. The van der Waals surface area contributed by atoms with Crippen LogP contribution in [-0.2, 0) is 4.79 Å². The zero-order valence-electron chi connectivity index (χ0n) is 11.9. The van der Waals surface area contributed by atoms with E-state index in [9.17, 15) is 9.90 Å². The average molecular weight is 257 g/mol. The van der Waals surface area contributed by atoms with Crippen molar-refractivity contribution in [1.29, 1.82) is 0 Å². The van der Waals surface area contributed by atoms with Gasteiger partial charge in [-0.25, -0.2) is 0 Å². The lowest BCUT2D eigenvalue weighted by molar-refractivity contribution is -0.145. The Morgan fingerprint density at radius 1 is 1.33 bits per heavy atom. The van der Waals surface area contributed by atoms with Gasteiger partial charge in [-0.2, -0.15) is 0 Å². The van der Waals surface area contributed by atoms with Gasteiger partial charge < -0.3 is 15.3 Å². The molecule has 1 aliphatic rings. The van der Waals surface area contributed by atoms with E-state index in [1.54, 1.807) is 6.92 Å². The number of hydrogen-bond acceptors (Lipinski definition) is 4. The second-order valence-electron chi connectivity index (χ2n) is 5.50. The number of hydrogen-bond donors (Lipinski definition) is 2. The largest absolute Gasteiger partial charge is 0.480 e. The zero-order chi connectivity index (χ0) is 13.6. The van der Waals surface area contributed by atoms with E-state index in [1.807, 2.05) is 0 Å². The van der Waals surface area contributed by atoms with Crippen LogP contribution in [0.4, 0.5) is 0 Å². The molecule has 0 aromatic carbocycles. The fourth-order valence-electron chi connectivity index (χ4n) is 2.31. The lowest BCUT2D eigenvalue weighted by Gasteiger charge is -2.32. The molecule has 5 heteroatoms. The van der Waals surface area contributed by atoms with E-state index in [0.717, 1.165) is 45.6 Å². The Kier molecular flexibility index (Phi) is 6.05. The van der Waals surface area contributed by atoms with Crippen molar-refractivity contribution in [2.45, 2.75) is 32.2 Å². The molecular formula is C13H27N3O2. The highest BCUT2D eigenvalue weighted by Gasteiger charge is 2.34. The second-order valence-corrected chi connectivity index (χ2v) is 5.50. The van der Waals surface area contributed by atoms with E-state index in [4.69, 9.17) is 0 Å². The molecule has 1 heterocycles. The molecule has 0 spiro atoms. The van der Waals surface area contributed by atoms with Crippen LogP contribution in [0.2, 0.25) is 0 Å². The Morgan fingerprint density at radius 3 is 2.67 bits per heavy atom. The predicted octanol–water partition coefficient (Wildman–Crippen LogP) is 0.467. The molecule has 1 unspecified atom stereocenters. The molecule has 1 atom stereocenters. The van der Waals surface area contributed by atoms with Crippen LogP contribution < -0.4 is 5.32 Å². The van der Waals surface area contributed by atoms with Gasteiger partial charge in [0.05, 0.1) is 0 Å². The molecule has 0 aliphatic carbocycles. The highest BCUT2D eigenvalue weighted by molar-refractivity contribution is 5.78. The first-order valence-corrected chi connectivity index (χ1v) is 6.87. The van der Waals surface area contributed by atoms with Gasteiger partial charge in [0.15, 0.2) is 0 Å². The van der Waals surface area contributed by atoms with Crippen LogP contribution in [0.15, 0.2) is 0 Å². The predicted molar refractivity (Wildman–Crippen MR) is 72.9 cm³/mol. The summed E-state index contributed by atoms with van der Waals surface area (Å²) in [5.74, 6) is -0.756. The maximum atomic E-state index is 11.5. The standard InChI is InChI=1S/C13H27N3O2/c1-4-6-14-13(2,12(17)18)11-16-8-5-7-15(3)9-10-16/h14H,4-11H2,1-3H3,(H,17,18). The van der Waals surface area contributed by atoms with Gasteiger partial charge in [-0.15, -0.1) is 0 Å². The van der Waals surface area contributed by atoms with Crippen molar-refractivity contribution in [2.75, 3.05) is 46.3 Å². The number of likely N-dealkylation sites (N-methyl/N-ethyl adjacent to an activating group) is 1. The number of carboxylic acid groups (broad SMARTS) is 1. The summed E-state index contributed by atoms with van der Waals surface area (Å²) in [7, 11) is 2.12. The van der Waals surface area contributed by atoms with Crippen molar-refractivity contribution in [3.05, 3.63) is 0 Å². The van der Waals surface area contributed by atoms with Crippen molar-refractivity contribution in [2.24, 2.45) is 0 Å². The third-order valence-corrected chi connectivity index (χ3v) is 3.59. The first-order valence-electron chi connectivity index (χ1n) is 6.87. The second kappa shape index (κ2) is 7.07. The quantitative estimate of drug-likeness (QED) is 0.724. The van der Waals surface area contributed by atoms with Gasteiger partial charge in [-0.1, -0.05) is 6.92 Å². The first-order chi connectivity index (χ1) is 8.48. The fourth-order valence-corrected chi connectivity index (χ4v) is 2.31. The molecule has 1 aliphatic heterocycles. The van der Waals surface area contributed by atoms with Crippen LogP contribution in [0.3, 0.4) is 0 Å². The van der Waals surface area contributed by atoms with Crippen LogP contribution in [0.25, 0.3) is 0 Å². The molecule has 106 valence electrons. The van der Waals surface area contributed by atoms with E-state index in [-0.39, 0.29) is 0 Å². The molecule has 0 amide bonds. The average Bonchev–Trinajstić information content (AvgIpc) is 2.52. The lowest BCUT2D eigenvalue weighted by atomic mass is 10.0. The van der Waals surface area contributed by atoms with Gasteiger partial charge in [0, 0.05) is 19.6 Å². The van der Waals surface area contributed by atoms with Crippen LogP contribution in [0.5, 0.6) is 0 Å². The number of rotatable bonds is 6. The molecule has 1 rings (SSSR count). The van der Waals surface area contributed by atoms with Gasteiger partial charge in [0.25, 0.3) is 0 Å². The highest BCUT2D eigenvalue weighted by atomic mass is 16.4. The van der Waals surface area contributed by atoms with Crippen molar-refractivity contribution in [1.82, 2.24) is 15.1 Å². The molecule has 18 heavy (non-hydrogen) atoms. The lowest BCUT2D eigenvalue weighted by Crippen LogP contribution is -2.57. The summed E-state index contributed by atoms with van der Waals surface area (Å²) in [6.45, 7) is 9.23.